The fraction of sp³-hybridized carbons (Fsp3) is 0.556. The first-order valence-corrected chi connectivity index (χ1v) is 9.66. The molecule has 0 saturated carbocycles. The number of fused-ring (bicyclic) bond motifs is 1. The summed E-state index contributed by atoms with van der Waals surface area (Å²) in [7, 11) is 1.39. The van der Waals surface area contributed by atoms with Gasteiger partial charge in [-0.25, -0.2) is 14.8 Å². The number of anilines is 1. The van der Waals surface area contributed by atoms with E-state index in [1.54, 1.807) is 0 Å². The quantitative estimate of drug-likeness (QED) is 0.825. The van der Waals surface area contributed by atoms with Crippen molar-refractivity contribution in [2.75, 3.05) is 31.6 Å². The lowest BCUT2D eigenvalue weighted by Crippen LogP contribution is -2.41. The number of methoxy groups -OCH3 is 1. The van der Waals surface area contributed by atoms with Gasteiger partial charge in [-0.15, -0.1) is 11.3 Å². The molecule has 0 aliphatic carbocycles. The Balaban J connectivity index is 1.92. The van der Waals surface area contributed by atoms with Gasteiger partial charge in [0.2, 0.25) is 5.91 Å². The number of hydrogen-bond acceptors (Lipinski definition) is 7. The van der Waals surface area contributed by atoms with Crippen molar-refractivity contribution in [3.63, 3.8) is 0 Å². The minimum Gasteiger partial charge on any atom is -0.465 e. The Morgan fingerprint density at radius 3 is 2.58 bits per heavy atom. The lowest BCUT2D eigenvalue weighted by molar-refractivity contribution is -0.125. The van der Waals surface area contributed by atoms with Crippen molar-refractivity contribution in [2.24, 2.45) is 5.92 Å². The summed E-state index contributed by atoms with van der Waals surface area (Å²) in [4.78, 5) is 36.8. The van der Waals surface area contributed by atoms with Gasteiger partial charge in [0.05, 0.1) is 12.5 Å². The molecule has 0 spiro atoms. The van der Waals surface area contributed by atoms with Crippen molar-refractivity contribution in [2.45, 2.75) is 33.6 Å². The second-order valence-corrected chi connectivity index (χ2v) is 7.48. The number of amides is 1. The number of nitrogens with one attached hydrogen (secondary N) is 1. The van der Waals surface area contributed by atoms with E-state index in [4.69, 9.17) is 4.74 Å². The molecule has 0 aromatic carbocycles. The van der Waals surface area contributed by atoms with Crippen molar-refractivity contribution < 1.29 is 14.3 Å². The average molecular weight is 376 g/mol. The van der Waals surface area contributed by atoms with E-state index in [1.165, 1.54) is 18.4 Å². The van der Waals surface area contributed by atoms with Crippen molar-refractivity contribution >= 4 is 39.2 Å². The Labute approximate surface area is 156 Å². The largest absolute Gasteiger partial charge is 0.465 e. The van der Waals surface area contributed by atoms with Crippen LogP contribution in [0.5, 0.6) is 0 Å². The third-order valence-corrected chi connectivity index (χ3v) is 5.94. The first-order chi connectivity index (χ1) is 12.5. The van der Waals surface area contributed by atoms with Crippen LogP contribution in [0.15, 0.2) is 0 Å². The van der Waals surface area contributed by atoms with Gasteiger partial charge in [-0.1, -0.05) is 0 Å². The van der Waals surface area contributed by atoms with E-state index in [9.17, 15) is 9.59 Å². The maximum absolute atomic E-state index is 12.1. The molecular formula is C18H24N4O3S. The highest BCUT2D eigenvalue weighted by molar-refractivity contribution is 7.20. The zero-order valence-corrected chi connectivity index (χ0v) is 16.4. The number of ether oxygens (including phenoxy) is 1. The summed E-state index contributed by atoms with van der Waals surface area (Å²) in [6.45, 7) is 7.89. The molecular weight excluding hydrogens is 352 g/mol. The van der Waals surface area contributed by atoms with Crippen LogP contribution in [-0.4, -0.2) is 48.6 Å². The first-order valence-electron chi connectivity index (χ1n) is 8.85. The SMILES string of the molecule is CCNC(=O)C1CCN(c2nc(C)nc3sc(C(=O)OC)c(C)c23)CC1. The Kier molecular flexibility index (Phi) is 5.41. The second kappa shape index (κ2) is 7.57. The van der Waals surface area contributed by atoms with Gasteiger partial charge in [-0.05, 0) is 39.2 Å². The molecule has 2 aromatic heterocycles. The summed E-state index contributed by atoms with van der Waals surface area (Å²) >= 11 is 1.34. The van der Waals surface area contributed by atoms with Gasteiger partial charge in [0.15, 0.2) is 0 Å². The van der Waals surface area contributed by atoms with Crippen LogP contribution in [0.3, 0.4) is 0 Å². The van der Waals surface area contributed by atoms with Crippen LogP contribution in [0, 0.1) is 19.8 Å². The van der Waals surface area contributed by atoms with E-state index in [-0.39, 0.29) is 17.8 Å². The number of esters is 1. The highest BCUT2D eigenvalue weighted by atomic mass is 32.1. The smallest absolute Gasteiger partial charge is 0.348 e. The predicted molar refractivity (Wildman–Crippen MR) is 102 cm³/mol. The third kappa shape index (κ3) is 3.38. The van der Waals surface area contributed by atoms with Crippen LogP contribution >= 0.6 is 11.3 Å². The van der Waals surface area contributed by atoms with E-state index in [0.29, 0.717) is 17.2 Å². The van der Waals surface area contributed by atoms with Crippen molar-refractivity contribution in [1.29, 1.82) is 0 Å². The highest BCUT2D eigenvalue weighted by Gasteiger charge is 2.28. The summed E-state index contributed by atoms with van der Waals surface area (Å²) in [6.07, 6.45) is 1.59. The molecule has 3 rings (SSSR count). The van der Waals surface area contributed by atoms with Crippen LogP contribution < -0.4 is 10.2 Å². The molecule has 0 atom stereocenters. The molecule has 0 unspecified atom stereocenters. The van der Waals surface area contributed by atoms with E-state index < -0.39 is 0 Å². The van der Waals surface area contributed by atoms with Gasteiger partial charge in [-0.3, -0.25) is 4.79 Å². The molecule has 0 radical (unpaired) electrons. The lowest BCUT2D eigenvalue weighted by atomic mass is 9.95. The van der Waals surface area contributed by atoms with Crippen molar-refractivity contribution in [3.05, 3.63) is 16.3 Å². The van der Waals surface area contributed by atoms with Crippen molar-refractivity contribution in [3.8, 4) is 0 Å². The standard InChI is InChI=1S/C18H24N4O3S/c1-5-19-16(23)12-6-8-22(9-7-12)15-13-10(2)14(18(24)25-4)26-17(13)21-11(3)20-15/h12H,5-9H2,1-4H3,(H,19,23). The second-order valence-electron chi connectivity index (χ2n) is 6.48. The molecule has 1 aliphatic rings. The summed E-state index contributed by atoms with van der Waals surface area (Å²) < 4.78 is 4.89. The van der Waals surface area contributed by atoms with Crippen LogP contribution in [0.1, 0.15) is 40.8 Å². The molecule has 1 amide bonds. The number of aryl methyl sites for hydroxylation is 2. The normalized spacial score (nSPS) is 15.3. The molecule has 2 aromatic rings. The monoisotopic (exact) mass is 376 g/mol. The number of rotatable bonds is 4. The number of aromatic nitrogens is 2. The molecule has 1 saturated heterocycles. The van der Waals surface area contributed by atoms with Crippen molar-refractivity contribution in [1.82, 2.24) is 15.3 Å². The fourth-order valence-corrected chi connectivity index (χ4v) is 4.55. The number of hydrogen-bond donors (Lipinski definition) is 1. The summed E-state index contributed by atoms with van der Waals surface area (Å²) in [5, 5.41) is 3.82. The Morgan fingerprint density at radius 1 is 1.27 bits per heavy atom. The van der Waals surface area contributed by atoms with Gasteiger partial charge in [0.25, 0.3) is 0 Å². The highest BCUT2D eigenvalue weighted by Crippen LogP contribution is 2.37. The summed E-state index contributed by atoms with van der Waals surface area (Å²) in [5.74, 6) is 1.38. The molecule has 3 heterocycles. The zero-order valence-electron chi connectivity index (χ0n) is 15.6. The summed E-state index contributed by atoms with van der Waals surface area (Å²) in [6, 6.07) is 0. The van der Waals surface area contributed by atoms with E-state index >= 15 is 0 Å². The minimum atomic E-state index is -0.343. The zero-order chi connectivity index (χ0) is 18.8. The number of thiophene rings is 1. The molecule has 0 bridgehead atoms. The first kappa shape index (κ1) is 18.6. The van der Waals surface area contributed by atoms with Gasteiger partial charge in [0, 0.05) is 25.6 Å². The Bertz CT molecular complexity index is 841. The third-order valence-electron chi connectivity index (χ3n) is 4.77. The lowest BCUT2D eigenvalue weighted by Gasteiger charge is -2.32. The number of carbonyl (C=O) groups excluding carboxylic acids is 2. The number of nitrogens with zero attached hydrogens (tertiary/aromatic N) is 3. The topological polar surface area (TPSA) is 84.4 Å². The van der Waals surface area contributed by atoms with Gasteiger partial charge in [-0.2, -0.15) is 0 Å². The maximum Gasteiger partial charge on any atom is 0.348 e. The molecule has 140 valence electrons. The molecule has 7 nitrogen and oxygen atoms in total. The minimum absolute atomic E-state index is 0.0545. The number of carbonyl (C=O) groups is 2. The van der Waals surface area contributed by atoms with E-state index in [1.807, 2.05) is 20.8 Å². The van der Waals surface area contributed by atoms with Crippen LogP contribution in [0.25, 0.3) is 10.2 Å². The van der Waals surface area contributed by atoms with Gasteiger partial charge >= 0.3 is 5.97 Å². The van der Waals surface area contributed by atoms with Crippen LogP contribution in [0.4, 0.5) is 5.82 Å². The summed E-state index contributed by atoms with van der Waals surface area (Å²) in [5.41, 5.74) is 0.859. The molecule has 26 heavy (non-hydrogen) atoms. The van der Waals surface area contributed by atoms with E-state index in [2.05, 4.69) is 20.2 Å². The molecule has 8 heteroatoms. The molecule has 1 aliphatic heterocycles. The van der Waals surface area contributed by atoms with Gasteiger partial charge < -0.3 is 15.0 Å². The van der Waals surface area contributed by atoms with E-state index in [0.717, 1.165) is 47.5 Å². The Hall–Kier alpha value is -2.22. The molecule has 1 N–H and O–H groups in total. The Morgan fingerprint density at radius 2 is 1.96 bits per heavy atom. The van der Waals surface area contributed by atoms with Gasteiger partial charge in [0.1, 0.15) is 21.3 Å². The maximum atomic E-state index is 12.1. The number of piperidine rings is 1. The van der Waals surface area contributed by atoms with Crippen LogP contribution in [-0.2, 0) is 9.53 Å². The van der Waals surface area contributed by atoms with Crippen LogP contribution in [0.2, 0.25) is 0 Å². The average Bonchev–Trinajstić information content (AvgIpc) is 2.97. The predicted octanol–water partition coefficient (Wildman–Crippen LogP) is 2.45. The molecule has 1 fully saturated rings. The fourth-order valence-electron chi connectivity index (χ4n) is 3.41.